The largest absolute Gasteiger partial charge is 0.464 e. The van der Waals surface area contributed by atoms with Gasteiger partial charge in [0.2, 0.25) is 0 Å². The number of pyridine rings is 1. The van der Waals surface area contributed by atoms with Gasteiger partial charge in [-0.3, -0.25) is 29.5 Å². The van der Waals surface area contributed by atoms with Gasteiger partial charge in [0.25, 0.3) is 5.91 Å². The molecule has 5 aliphatic heterocycles. The van der Waals surface area contributed by atoms with Gasteiger partial charge in [-0.25, -0.2) is 5.43 Å². The third kappa shape index (κ3) is 7.14. The first kappa shape index (κ1) is 41.0. The summed E-state index contributed by atoms with van der Waals surface area (Å²) in [6, 6.07) is 8.31. The summed E-state index contributed by atoms with van der Waals surface area (Å²) in [6.07, 6.45) is 4.55. The van der Waals surface area contributed by atoms with E-state index >= 15 is 0 Å². The highest BCUT2D eigenvalue weighted by Gasteiger charge is 2.49. The van der Waals surface area contributed by atoms with E-state index in [1.165, 1.54) is 16.8 Å². The average Bonchev–Trinajstić information content (AvgIpc) is 3.78. The van der Waals surface area contributed by atoms with Crippen molar-refractivity contribution in [3.05, 3.63) is 52.8 Å². The second-order valence-corrected chi connectivity index (χ2v) is 19.3. The number of hydrogen-bond donors (Lipinski definition) is 2. The monoisotopic (exact) mass is 827 g/mol. The van der Waals surface area contributed by atoms with E-state index in [1.807, 2.05) is 6.92 Å². The number of carbonyl (C=O) groups is 2. The average molecular weight is 828 g/mol. The Labute approximate surface area is 352 Å². The van der Waals surface area contributed by atoms with E-state index in [-0.39, 0.29) is 41.8 Å². The lowest BCUT2D eigenvalue weighted by Crippen LogP contribution is -2.62. The Bertz CT molecular complexity index is 2110. The minimum absolute atomic E-state index is 0.113. The lowest BCUT2D eigenvalue weighted by atomic mass is 9.67. The molecule has 2 N–H and O–H groups in total. The number of nitrogens with one attached hydrogen (secondary N) is 2. The third-order valence-electron chi connectivity index (χ3n) is 13.9. The standard InChI is InChI=1S/C45H61N7O6S/c1-8-51-33-13-12-27-19-30(33)34-35(40(55-7)37-31(39(34)51)20-28(21-47-37)26-14-17-50(18-15-26)29-22-56-23-29)45(4,5)24-58-44(54)32-11-10-16-52(49-32)43(53)38(46-6)41(57-9-2)42-48-36(27)25(3)59-42/h12-13,19-21,25-26,29,32,35-36,38,40-41,46,49H,8-11,14-18,22-24H2,1-7H3/t25?,32-,35?,36?,38-,40-,41-/m0/s1. The topological polar surface area (TPSA) is 132 Å². The fourth-order valence-electron chi connectivity index (χ4n) is 10.7. The first-order valence-electron chi connectivity index (χ1n) is 21.8. The molecule has 6 aliphatic rings. The summed E-state index contributed by atoms with van der Waals surface area (Å²) in [5.41, 5.74) is 10.7. The summed E-state index contributed by atoms with van der Waals surface area (Å²) in [7, 11) is 3.56. The number of amides is 1. The highest BCUT2D eigenvalue weighted by molar-refractivity contribution is 8.14. The number of likely N-dealkylation sites (N-methyl/N-ethyl adjacent to an activating group) is 1. The van der Waals surface area contributed by atoms with E-state index in [1.54, 1.807) is 30.9 Å². The smallest absolute Gasteiger partial charge is 0.324 e. The van der Waals surface area contributed by atoms with Crippen LogP contribution in [0.5, 0.6) is 0 Å². The zero-order valence-corrected chi connectivity index (χ0v) is 36.5. The molecule has 318 valence electrons. The Kier molecular flexibility index (Phi) is 11.5. The highest BCUT2D eigenvalue weighted by Crippen LogP contribution is 2.57. The molecule has 3 unspecified atom stereocenters. The fraction of sp³-hybridized carbons (Fsp3) is 0.644. The SMILES string of the molecule is CCO[C@@H]1C2=NC(c3ccc4c(c3)c3c(n4CC)-c4cc(C5CCN(C6COC6)CC5)cnc4[C@@H](OC)C3C(C)(C)COC(=O)[C@@H]3CCCN(N3)C(=O)[C@H]1NC)C(C)S2. The van der Waals surface area contributed by atoms with Crippen molar-refractivity contribution in [2.75, 3.05) is 60.2 Å². The Balaban J connectivity index is 1.20. The maximum Gasteiger partial charge on any atom is 0.324 e. The van der Waals surface area contributed by atoms with E-state index in [9.17, 15) is 9.59 Å². The minimum atomic E-state index is -0.699. The van der Waals surface area contributed by atoms with Crippen LogP contribution >= 0.6 is 11.8 Å². The number of likely N-dealkylation sites (tertiary alicyclic amines) is 1. The maximum atomic E-state index is 14.2. The van der Waals surface area contributed by atoms with Crippen molar-refractivity contribution in [2.45, 2.75) is 120 Å². The van der Waals surface area contributed by atoms with Gasteiger partial charge in [0.15, 0.2) is 0 Å². The Morgan fingerprint density at radius 2 is 1.85 bits per heavy atom. The van der Waals surface area contributed by atoms with Gasteiger partial charge in [0, 0.05) is 66.1 Å². The number of aryl methyl sites for hydroxylation is 1. The van der Waals surface area contributed by atoms with Crippen molar-refractivity contribution < 1.29 is 28.5 Å². The number of nitrogens with zero attached hydrogens (tertiary/aromatic N) is 5. The summed E-state index contributed by atoms with van der Waals surface area (Å²) in [5, 5.41) is 6.90. The molecule has 0 spiro atoms. The molecule has 3 aromatic rings. The number of carbonyl (C=O) groups excluding carboxylic acids is 2. The zero-order valence-electron chi connectivity index (χ0n) is 35.7. The first-order chi connectivity index (χ1) is 28.6. The van der Waals surface area contributed by atoms with Crippen LogP contribution in [-0.4, -0.2) is 126 Å². The van der Waals surface area contributed by atoms with Crippen LogP contribution in [0.1, 0.15) is 107 Å². The molecule has 14 heteroatoms. The molecule has 59 heavy (non-hydrogen) atoms. The second-order valence-electron chi connectivity index (χ2n) is 17.9. The molecule has 1 aliphatic carbocycles. The van der Waals surface area contributed by atoms with E-state index in [2.05, 4.69) is 78.4 Å². The van der Waals surface area contributed by atoms with E-state index in [0.29, 0.717) is 38.0 Å². The molecular formula is C45H61N7O6S. The fourth-order valence-corrected chi connectivity index (χ4v) is 11.9. The Hall–Kier alpha value is -3.37. The summed E-state index contributed by atoms with van der Waals surface area (Å²) < 4.78 is 27.2. The van der Waals surface area contributed by atoms with Crippen LogP contribution in [0.2, 0.25) is 0 Å². The van der Waals surface area contributed by atoms with Crippen LogP contribution in [0.3, 0.4) is 0 Å². The van der Waals surface area contributed by atoms with Crippen molar-refractivity contribution in [1.29, 1.82) is 0 Å². The van der Waals surface area contributed by atoms with Crippen molar-refractivity contribution in [3.8, 4) is 11.3 Å². The predicted molar refractivity (Wildman–Crippen MR) is 230 cm³/mol. The molecule has 6 bridgehead atoms. The molecule has 7 atom stereocenters. The van der Waals surface area contributed by atoms with Gasteiger partial charge in [-0.15, -0.1) is 11.8 Å². The number of aliphatic imine (C=N–C) groups is 1. The Morgan fingerprint density at radius 3 is 2.54 bits per heavy atom. The number of hydrogen-bond acceptors (Lipinski definition) is 12. The van der Waals surface area contributed by atoms with Crippen LogP contribution in [-0.2, 0) is 35.1 Å². The first-order valence-corrected chi connectivity index (χ1v) is 22.7. The molecule has 0 radical (unpaired) electrons. The van der Waals surface area contributed by atoms with Gasteiger partial charge in [-0.1, -0.05) is 26.8 Å². The molecule has 2 aromatic heterocycles. The lowest BCUT2D eigenvalue weighted by Gasteiger charge is -2.43. The van der Waals surface area contributed by atoms with Gasteiger partial charge in [0.05, 0.1) is 48.3 Å². The minimum Gasteiger partial charge on any atom is -0.464 e. The number of ether oxygens (including phenoxy) is 4. The number of aromatic nitrogens is 2. The summed E-state index contributed by atoms with van der Waals surface area (Å²) >= 11 is 1.68. The third-order valence-corrected chi connectivity index (χ3v) is 15.1. The van der Waals surface area contributed by atoms with Crippen LogP contribution < -0.4 is 10.7 Å². The Morgan fingerprint density at radius 1 is 1.05 bits per heavy atom. The van der Waals surface area contributed by atoms with Gasteiger partial charge in [-0.05, 0) is 100 Å². The van der Waals surface area contributed by atoms with E-state index in [4.69, 9.17) is 28.9 Å². The molecule has 1 aromatic carbocycles. The molecule has 0 saturated carbocycles. The predicted octanol–water partition coefficient (Wildman–Crippen LogP) is 5.73. The number of benzene rings is 1. The van der Waals surface area contributed by atoms with Crippen LogP contribution in [0, 0.1) is 5.41 Å². The number of fused-ring (bicyclic) bond motifs is 7. The summed E-state index contributed by atoms with van der Waals surface area (Å²) in [4.78, 5) is 41.5. The van der Waals surface area contributed by atoms with E-state index in [0.717, 1.165) is 78.5 Å². The summed E-state index contributed by atoms with van der Waals surface area (Å²) in [5.74, 6) is -0.327. The molecule has 1 amide bonds. The van der Waals surface area contributed by atoms with Crippen molar-refractivity contribution in [3.63, 3.8) is 0 Å². The number of cyclic esters (lactones) is 1. The molecule has 13 nitrogen and oxygen atoms in total. The van der Waals surface area contributed by atoms with Crippen molar-refractivity contribution >= 4 is 39.6 Å². The van der Waals surface area contributed by atoms with Gasteiger partial charge < -0.3 is 28.8 Å². The maximum absolute atomic E-state index is 14.2. The molecule has 7 heterocycles. The number of esters is 1. The van der Waals surface area contributed by atoms with Crippen LogP contribution in [0.15, 0.2) is 35.5 Å². The van der Waals surface area contributed by atoms with Crippen LogP contribution in [0.4, 0.5) is 0 Å². The number of methoxy groups -OCH3 is 1. The number of piperidine rings is 1. The van der Waals surface area contributed by atoms with Gasteiger partial charge in [0.1, 0.15) is 24.3 Å². The number of rotatable bonds is 7. The molecule has 3 fully saturated rings. The second kappa shape index (κ2) is 16.5. The van der Waals surface area contributed by atoms with Crippen LogP contribution in [0.25, 0.3) is 22.2 Å². The lowest BCUT2D eigenvalue weighted by molar-refractivity contribution is -0.156. The normalized spacial score (nSPS) is 30.5. The summed E-state index contributed by atoms with van der Waals surface area (Å²) in [6.45, 7) is 16.4. The molecule has 3 saturated heterocycles. The molecule has 9 rings (SSSR count). The zero-order chi connectivity index (χ0) is 41.2. The van der Waals surface area contributed by atoms with Gasteiger partial charge >= 0.3 is 5.97 Å². The number of thioether (sulfide) groups is 1. The van der Waals surface area contributed by atoms with Gasteiger partial charge in [-0.2, -0.15) is 0 Å². The van der Waals surface area contributed by atoms with E-state index < -0.39 is 23.6 Å². The number of hydrazine groups is 1. The van der Waals surface area contributed by atoms with Crippen molar-refractivity contribution in [1.82, 2.24) is 30.2 Å². The quantitative estimate of drug-likeness (QED) is 0.283. The van der Waals surface area contributed by atoms with Crippen molar-refractivity contribution in [2.24, 2.45) is 10.4 Å². The molecular weight excluding hydrogens is 767 g/mol. The highest BCUT2D eigenvalue weighted by atomic mass is 32.2.